The number of hydrogen-bond donors (Lipinski definition) is 2. The van der Waals surface area contributed by atoms with Gasteiger partial charge in [-0.3, -0.25) is 0 Å². The number of rotatable bonds is 6. The highest BCUT2D eigenvalue weighted by molar-refractivity contribution is 7.98. The van der Waals surface area contributed by atoms with Gasteiger partial charge in [-0.25, -0.2) is 9.97 Å². The van der Waals surface area contributed by atoms with Crippen LogP contribution in [0.5, 0.6) is 11.5 Å². The van der Waals surface area contributed by atoms with Gasteiger partial charge in [-0.05, 0) is 18.4 Å². The molecule has 0 saturated heterocycles. The molecular formula is C14H18N4O2S. The third-order valence-corrected chi connectivity index (χ3v) is 3.35. The van der Waals surface area contributed by atoms with Gasteiger partial charge in [-0.15, -0.1) is 0 Å². The predicted molar refractivity (Wildman–Crippen MR) is 86.2 cm³/mol. The number of anilines is 3. The smallest absolute Gasteiger partial charge is 0.191 e. The highest BCUT2D eigenvalue weighted by Gasteiger charge is 2.07. The number of nitrogens with one attached hydrogen (secondary N) is 2. The van der Waals surface area contributed by atoms with E-state index in [1.807, 2.05) is 37.6 Å². The van der Waals surface area contributed by atoms with Gasteiger partial charge < -0.3 is 20.1 Å². The average Bonchev–Trinajstić information content (AvgIpc) is 2.54. The molecule has 2 aromatic rings. The first-order valence-electron chi connectivity index (χ1n) is 6.30. The van der Waals surface area contributed by atoms with Crippen molar-refractivity contribution in [1.82, 2.24) is 9.97 Å². The lowest BCUT2D eigenvalue weighted by Gasteiger charge is -2.12. The molecule has 1 aromatic carbocycles. The Kier molecular flexibility index (Phi) is 5.10. The second-order valence-corrected chi connectivity index (χ2v) is 4.84. The van der Waals surface area contributed by atoms with Crippen LogP contribution >= 0.6 is 11.8 Å². The van der Waals surface area contributed by atoms with Crippen LogP contribution in [0.2, 0.25) is 0 Å². The fourth-order valence-corrected chi connectivity index (χ4v) is 2.15. The van der Waals surface area contributed by atoms with E-state index in [1.54, 1.807) is 14.2 Å². The van der Waals surface area contributed by atoms with Crippen molar-refractivity contribution in [3.8, 4) is 11.5 Å². The molecule has 0 fully saturated rings. The summed E-state index contributed by atoms with van der Waals surface area (Å²) in [7, 11) is 5.04. The van der Waals surface area contributed by atoms with Crippen LogP contribution in [0.15, 0.2) is 29.4 Å². The summed E-state index contributed by atoms with van der Waals surface area (Å²) in [6, 6.07) is 7.45. The Labute approximate surface area is 128 Å². The Hall–Kier alpha value is -2.15. The third kappa shape index (κ3) is 3.69. The van der Waals surface area contributed by atoms with E-state index in [-0.39, 0.29) is 0 Å². The van der Waals surface area contributed by atoms with Gasteiger partial charge in [-0.1, -0.05) is 11.8 Å². The molecule has 0 bridgehead atoms. The molecule has 112 valence electrons. The molecule has 0 aliphatic rings. The lowest BCUT2D eigenvalue weighted by Crippen LogP contribution is -2.01. The van der Waals surface area contributed by atoms with E-state index in [9.17, 15) is 0 Å². The zero-order chi connectivity index (χ0) is 15.2. The maximum absolute atomic E-state index is 5.29. The second-order valence-electron chi connectivity index (χ2n) is 4.07. The summed E-state index contributed by atoms with van der Waals surface area (Å²) in [4.78, 5) is 8.75. The minimum Gasteiger partial charge on any atom is -0.493 e. The highest BCUT2D eigenvalue weighted by Crippen LogP contribution is 2.31. The topological polar surface area (TPSA) is 68.3 Å². The number of benzene rings is 1. The first-order valence-corrected chi connectivity index (χ1v) is 7.52. The van der Waals surface area contributed by atoms with Gasteiger partial charge in [0.1, 0.15) is 11.6 Å². The van der Waals surface area contributed by atoms with E-state index in [0.717, 1.165) is 11.5 Å². The molecule has 2 N–H and O–H groups in total. The lowest BCUT2D eigenvalue weighted by atomic mass is 10.2. The van der Waals surface area contributed by atoms with Crippen LogP contribution in [0.3, 0.4) is 0 Å². The third-order valence-electron chi connectivity index (χ3n) is 2.80. The molecule has 0 atom stereocenters. The maximum atomic E-state index is 5.29. The molecule has 6 nitrogen and oxygen atoms in total. The fraction of sp³-hybridized carbons (Fsp3) is 0.286. The van der Waals surface area contributed by atoms with Crippen molar-refractivity contribution in [2.75, 3.05) is 38.2 Å². The second kappa shape index (κ2) is 7.03. The van der Waals surface area contributed by atoms with Crippen molar-refractivity contribution >= 4 is 29.1 Å². The molecule has 7 heteroatoms. The summed E-state index contributed by atoms with van der Waals surface area (Å²) >= 11 is 1.49. The Morgan fingerprint density at radius 3 is 2.33 bits per heavy atom. The summed E-state index contributed by atoms with van der Waals surface area (Å²) in [5.41, 5.74) is 0.862. The van der Waals surface area contributed by atoms with Crippen molar-refractivity contribution in [3.05, 3.63) is 24.3 Å². The lowest BCUT2D eigenvalue weighted by molar-refractivity contribution is 0.355. The van der Waals surface area contributed by atoms with Crippen LogP contribution in [0, 0.1) is 0 Å². The molecule has 0 saturated carbocycles. The number of aromatic nitrogens is 2. The van der Waals surface area contributed by atoms with Gasteiger partial charge in [0.25, 0.3) is 0 Å². The van der Waals surface area contributed by atoms with Crippen molar-refractivity contribution < 1.29 is 9.47 Å². The first kappa shape index (κ1) is 15.2. The SMILES string of the molecule is CNc1cc(Nc2ccc(OC)c(OC)c2)nc(SC)n1. The Balaban J connectivity index is 2.29. The molecule has 0 aliphatic heterocycles. The fourth-order valence-electron chi connectivity index (χ4n) is 1.77. The standard InChI is InChI=1S/C14H18N4O2S/c1-15-12-8-13(18-14(17-12)21-4)16-9-5-6-10(19-2)11(7-9)20-3/h5-8H,1-4H3,(H2,15,16,17,18). The largest absolute Gasteiger partial charge is 0.493 e. The Morgan fingerprint density at radius 2 is 1.71 bits per heavy atom. The van der Waals surface area contributed by atoms with Gasteiger partial charge in [0.2, 0.25) is 0 Å². The predicted octanol–water partition coefficient (Wildman–Crippen LogP) is 3.00. The summed E-state index contributed by atoms with van der Waals surface area (Å²) in [6.07, 6.45) is 1.94. The molecule has 0 radical (unpaired) electrons. The van der Waals surface area contributed by atoms with Crippen LogP contribution in [0.1, 0.15) is 0 Å². The number of thioether (sulfide) groups is 1. The van der Waals surface area contributed by atoms with Crippen LogP contribution in [-0.4, -0.2) is 37.5 Å². The van der Waals surface area contributed by atoms with E-state index >= 15 is 0 Å². The molecule has 0 aliphatic carbocycles. The van der Waals surface area contributed by atoms with E-state index in [1.165, 1.54) is 11.8 Å². The van der Waals surface area contributed by atoms with Gasteiger partial charge >= 0.3 is 0 Å². The molecular weight excluding hydrogens is 288 g/mol. The minimum atomic E-state index is 0.662. The Morgan fingerprint density at radius 1 is 1.00 bits per heavy atom. The van der Waals surface area contributed by atoms with E-state index in [4.69, 9.17) is 9.47 Å². The normalized spacial score (nSPS) is 10.1. The van der Waals surface area contributed by atoms with Gasteiger partial charge in [-0.2, -0.15) is 0 Å². The van der Waals surface area contributed by atoms with Crippen molar-refractivity contribution in [1.29, 1.82) is 0 Å². The van der Waals surface area contributed by atoms with E-state index < -0.39 is 0 Å². The molecule has 2 rings (SSSR count). The quantitative estimate of drug-likeness (QED) is 0.628. The van der Waals surface area contributed by atoms with E-state index in [0.29, 0.717) is 22.5 Å². The number of hydrogen-bond acceptors (Lipinski definition) is 7. The van der Waals surface area contributed by atoms with Gasteiger partial charge in [0, 0.05) is 24.9 Å². The minimum absolute atomic E-state index is 0.662. The van der Waals surface area contributed by atoms with E-state index in [2.05, 4.69) is 20.6 Å². The molecule has 1 aromatic heterocycles. The molecule has 0 unspecified atom stereocenters. The molecule has 0 amide bonds. The maximum Gasteiger partial charge on any atom is 0.191 e. The zero-order valence-corrected chi connectivity index (χ0v) is 13.2. The zero-order valence-electron chi connectivity index (χ0n) is 12.4. The van der Waals surface area contributed by atoms with Gasteiger partial charge in [0.05, 0.1) is 14.2 Å². The Bertz CT molecular complexity index is 600. The summed E-state index contributed by atoms with van der Waals surface area (Å²) < 4.78 is 10.5. The van der Waals surface area contributed by atoms with Crippen LogP contribution in [0.4, 0.5) is 17.3 Å². The summed E-state index contributed by atoms with van der Waals surface area (Å²) in [5.74, 6) is 2.82. The molecule has 21 heavy (non-hydrogen) atoms. The number of nitrogens with zero attached hydrogens (tertiary/aromatic N) is 2. The molecule has 0 spiro atoms. The highest BCUT2D eigenvalue weighted by atomic mass is 32.2. The van der Waals surface area contributed by atoms with Crippen LogP contribution in [-0.2, 0) is 0 Å². The average molecular weight is 306 g/mol. The summed E-state index contributed by atoms with van der Waals surface area (Å²) in [5, 5.41) is 6.96. The van der Waals surface area contributed by atoms with Crippen molar-refractivity contribution in [3.63, 3.8) is 0 Å². The van der Waals surface area contributed by atoms with Crippen LogP contribution < -0.4 is 20.1 Å². The number of methoxy groups -OCH3 is 2. The summed E-state index contributed by atoms with van der Waals surface area (Å²) in [6.45, 7) is 0. The van der Waals surface area contributed by atoms with Crippen LogP contribution in [0.25, 0.3) is 0 Å². The first-order chi connectivity index (χ1) is 10.2. The van der Waals surface area contributed by atoms with Gasteiger partial charge in [0.15, 0.2) is 16.7 Å². The monoisotopic (exact) mass is 306 g/mol. The van der Waals surface area contributed by atoms with Crippen molar-refractivity contribution in [2.24, 2.45) is 0 Å². The van der Waals surface area contributed by atoms with Crippen molar-refractivity contribution in [2.45, 2.75) is 5.16 Å². The number of ether oxygens (including phenoxy) is 2. The molecule has 1 heterocycles.